The van der Waals surface area contributed by atoms with Gasteiger partial charge in [-0.1, -0.05) is 35.3 Å². The van der Waals surface area contributed by atoms with Crippen LogP contribution in [0.25, 0.3) is 5.57 Å². The van der Waals surface area contributed by atoms with E-state index in [4.69, 9.17) is 33.0 Å². The molecule has 142 valence electrons. The van der Waals surface area contributed by atoms with E-state index in [1.165, 1.54) is 12.1 Å². The fraction of sp³-hybridized carbons (Fsp3) is 0.286. The minimum absolute atomic E-state index is 0.0387. The van der Waals surface area contributed by atoms with Gasteiger partial charge in [-0.25, -0.2) is 4.39 Å². The van der Waals surface area contributed by atoms with Crippen LogP contribution in [-0.4, -0.2) is 11.1 Å². The quantitative estimate of drug-likeness (QED) is 0.587. The topological polar surface area (TPSA) is 46.5 Å². The van der Waals surface area contributed by atoms with E-state index in [0.29, 0.717) is 28.6 Å². The van der Waals surface area contributed by atoms with Gasteiger partial charge in [-0.05, 0) is 54.7 Å². The highest BCUT2D eigenvalue weighted by molar-refractivity contribution is 6.31. The molecule has 2 aromatic carbocycles. The number of allylic oxidation sites excluding steroid dienone is 2. The number of rotatable bonds is 7. The Bertz CT molecular complexity index is 893. The Morgan fingerprint density at radius 2 is 1.96 bits per heavy atom. The third-order valence-corrected chi connectivity index (χ3v) is 5.15. The molecular formula is C21H19Cl2FO3. The number of halogens is 3. The van der Waals surface area contributed by atoms with Gasteiger partial charge in [-0.15, -0.1) is 0 Å². The Morgan fingerprint density at radius 3 is 2.70 bits per heavy atom. The summed E-state index contributed by atoms with van der Waals surface area (Å²) < 4.78 is 20.1. The summed E-state index contributed by atoms with van der Waals surface area (Å²) in [7, 11) is 0. The van der Waals surface area contributed by atoms with Gasteiger partial charge in [0.15, 0.2) is 0 Å². The molecule has 0 amide bonds. The van der Waals surface area contributed by atoms with Crippen LogP contribution in [0.15, 0.2) is 42.2 Å². The molecule has 3 nitrogen and oxygen atoms in total. The van der Waals surface area contributed by atoms with Crippen LogP contribution in [0.1, 0.15) is 42.4 Å². The van der Waals surface area contributed by atoms with Crippen molar-refractivity contribution in [2.45, 2.75) is 38.7 Å². The van der Waals surface area contributed by atoms with Crippen LogP contribution in [0.4, 0.5) is 4.39 Å². The smallest absolute Gasteiger partial charge is 0.303 e. The van der Waals surface area contributed by atoms with Crippen LogP contribution in [-0.2, 0) is 22.6 Å². The lowest BCUT2D eigenvalue weighted by atomic mass is 10.0. The summed E-state index contributed by atoms with van der Waals surface area (Å²) >= 11 is 12.3. The maximum absolute atomic E-state index is 14.2. The highest BCUT2D eigenvalue weighted by Gasteiger charge is 2.20. The van der Waals surface area contributed by atoms with Crippen LogP contribution < -0.4 is 0 Å². The normalized spacial score (nSPS) is 13.9. The average Bonchev–Trinajstić information content (AvgIpc) is 3.09. The molecule has 0 radical (unpaired) electrons. The number of aryl methyl sites for hydroxylation is 1. The number of carboxylic acid groups (broad SMARTS) is 1. The standard InChI is InChI=1S/C21H19Cl2FO3/c22-15-7-8-19(24)17(11-15)16-2-1-3-20(16)27-12-13-4-5-14(18(23)10-13)6-9-21(25)26/h4-5,7-8,10-11H,1-3,6,9,12H2,(H,25,26). The molecule has 0 heterocycles. The zero-order chi connectivity index (χ0) is 19.4. The molecule has 0 aromatic heterocycles. The van der Waals surface area contributed by atoms with Crippen molar-refractivity contribution in [2.75, 3.05) is 0 Å². The Kier molecular flexibility index (Phi) is 6.40. The van der Waals surface area contributed by atoms with E-state index < -0.39 is 5.97 Å². The first-order valence-electron chi connectivity index (χ1n) is 8.73. The van der Waals surface area contributed by atoms with Crippen molar-refractivity contribution >= 4 is 34.7 Å². The van der Waals surface area contributed by atoms with Gasteiger partial charge in [-0.2, -0.15) is 0 Å². The number of carboxylic acids is 1. The van der Waals surface area contributed by atoms with Crippen molar-refractivity contribution in [2.24, 2.45) is 0 Å². The third kappa shape index (κ3) is 5.02. The van der Waals surface area contributed by atoms with E-state index in [-0.39, 0.29) is 12.2 Å². The first kappa shape index (κ1) is 19.7. The first-order valence-corrected chi connectivity index (χ1v) is 9.49. The molecule has 0 saturated carbocycles. The lowest BCUT2D eigenvalue weighted by Gasteiger charge is -2.12. The minimum Gasteiger partial charge on any atom is -0.493 e. The van der Waals surface area contributed by atoms with Crippen LogP contribution in [0.3, 0.4) is 0 Å². The van der Waals surface area contributed by atoms with Crippen molar-refractivity contribution in [1.29, 1.82) is 0 Å². The van der Waals surface area contributed by atoms with Crippen molar-refractivity contribution in [3.63, 3.8) is 0 Å². The van der Waals surface area contributed by atoms with Gasteiger partial charge in [0, 0.05) is 34.0 Å². The van der Waals surface area contributed by atoms with Gasteiger partial charge in [-0.3, -0.25) is 4.79 Å². The predicted octanol–water partition coefficient (Wildman–Crippen LogP) is 6.26. The largest absolute Gasteiger partial charge is 0.493 e. The number of aliphatic carboxylic acids is 1. The lowest BCUT2D eigenvalue weighted by molar-refractivity contribution is -0.136. The van der Waals surface area contributed by atoms with E-state index in [1.807, 2.05) is 12.1 Å². The molecule has 1 N–H and O–H groups in total. The SMILES string of the molecule is O=C(O)CCc1ccc(COC2=C(c3cc(Cl)ccc3F)CCC2)cc1Cl. The highest BCUT2D eigenvalue weighted by atomic mass is 35.5. The van der Waals surface area contributed by atoms with Crippen LogP contribution in [0, 0.1) is 5.82 Å². The Labute approximate surface area is 167 Å². The summed E-state index contributed by atoms with van der Waals surface area (Å²) in [4.78, 5) is 10.7. The molecule has 0 spiro atoms. The summed E-state index contributed by atoms with van der Waals surface area (Å²) in [6, 6.07) is 10.0. The maximum atomic E-state index is 14.2. The monoisotopic (exact) mass is 408 g/mol. The molecule has 3 rings (SSSR count). The lowest BCUT2D eigenvalue weighted by Crippen LogP contribution is -1.99. The Hall–Kier alpha value is -2.04. The van der Waals surface area contributed by atoms with E-state index in [9.17, 15) is 9.18 Å². The summed E-state index contributed by atoms with van der Waals surface area (Å²) in [5.41, 5.74) is 3.03. The second-order valence-electron chi connectivity index (χ2n) is 6.49. The molecule has 27 heavy (non-hydrogen) atoms. The van der Waals surface area contributed by atoms with Crippen LogP contribution in [0.2, 0.25) is 10.0 Å². The molecule has 0 fully saturated rings. The van der Waals surface area contributed by atoms with Gasteiger partial charge >= 0.3 is 5.97 Å². The molecule has 2 aromatic rings. The van der Waals surface area contributed by atoms with E-state index in [0.717, 1.165) is 41.7 Å². The maximum Gasteiger partial charge on any atom is 0.303 e. The van der Waals surface area contributed by atoms with E-state index in [2.05, 4.69) is 0 Å². The summed E-state index contributed by atoms with van der Waals surface area (Å²) in [6.45, 7) is 0.319. The van der Waals surface area contributed by atoms with Crippen molar-refractivity contribution in [1.82, 2.24) is 0 Å². The summed E-state index contributed by atoms with van der Waals surface area (Å²) in [6.07, 6.45) is 2.84. The average molecular weight is 409 g/mol. The van der Waals surface area contributed by atoms with Crippen LogP contribution in [0.5, 0.6) is 0 Å². The number of carbonyl (C=O) groups is 1. The van der Waals surface area contributed by atoms with E-state index in [1.54, 1.807) is 12.1 Å². The zero-order valence-corrected chi connectivity index (χ0v) is 16.1. The fourth-order valence-electron chi connectivity index (χ4n) is 3.18. The molecular weight excluding hydrogens is 390 g/mol. The van der Waals surface area contributed by atoms with Gasteiger partial charge < -0.3 is 9.84 Å². The van der Waals surface area contributed by atoms with Gasteiger partial charge in [0.25, 0.3) is 0 Å². The van der Waals surface area contributed by atoms with E-state index >= 15 is 0 Å². The summed E-state index contributed by atoms with van der Waals surface area (Å²) in [5.74, 6) is -0.377. The van der Waals surface area contributed by atoms with Gasteiger partial charge in [0.2, 0.25) is 0 Å². The Balaban J connectivity index is 1.72. The molecule has 0 saturated heterocycles. The molecule has 1 aliphatic carbocycles. The van der Waals surface area contributed by atoms with Crippen LogP contribution >= 0.6 is 23.2 Å². The van der Waals surface area contributed by atoms with Gasteiger partial charge in [0.05, 0.1) is 0 Å². The van der Waals surface area contributed by atoms with Gasteiger partial charge in [0.1, 0.15) is 18.2 Å². The Morgan fingerprint density at radius 1 is 1.15 bits per heavy atom. The molecule has 0 bridgehead atoms. The van der Waals surface area contributed by atoms with Crippen molar-refractivity contribution < 1.29 is 19.0 Å². The predicted molar refractivity (Wildman–Crippen MR) is 104 cm³/mol. The van der Waals surface area contributed by atoms with Crippen molar-refractivity contribution in [3.05, 3.63) is 74.7 Å². The fourth-order valence-corrected chi connectivity index (χ4v) is 3.65. The summed E-state index contributed by atoms with van der Waals surface area (Å²) in [5, 5.41) is 9.80. The molecule has 6 heteroatoms. The minimum atomic E-state index is -0.854. The van der Waals surface area contributed by atoms with Crippen molar-refractivity contribution in [3.8, 4) is 0 Å². The number of hydrogen-bond donors (Lipinski definition) is 1. The molecule has 0 atom stereocenters. The second-order valence-corrected chi connectivity index (χ2v) is 7.33. The third-order valence-electron chi connectivity index (χ3n) is 4.56. The number of ether oxygens (including phenoxy) is 1. The molecule has 1 aliphatic rings. The number of benzene rings is 2. The zero-order valence-electron chi connectivity index (χ0n) is 14.6. The highest BCUT2D eigenvalue weighted by Crippen LogP contribution is 2.37. The number of hydrogen-bond acceptors (Lipinski definition) is 2. The molecule has 0 unspecified atom stereocenters. The second kappa shape index (κ2) is 8.77. The molecule has 0 aliphatic heterocycles. The first-order chi connectivity index (χ1) is 12.9.